The molecule has 0 saturated carbocycles. The molecule has 2 heterocycles. The highest BCUT2D eigenvalue weighted by Crippen LogP contribution is 2.29. The van der Waals surface area contributed by atoms with E-state index in [1.165, 1.54) is 29.6 Å². The molecule has 8 nitrogen and oxygen atoms in total. The van der Waals surface area contributed by atoms with E-state index in [0.717, 1.165) is 22.8 Å². The molecule has 0 N–H and O–H groups in total. The van der Waals surface area contributed by atoms with Crippen LogP contribution in [-0.4, -0.2) is 26.9 Å². The lowest BCUT2D eigenvalue weighted by molar-refractivity contribution is -0.385. The maximum absolute atomic E-state index is 13.5. The van der Waals surface area contributed by atoms with Crippen LogP contribution in [0.1, 0.15) is 12.0 Å². The molecule has 10 heteroatoms. The van der Waals surface area contributed by atoms with Crippen molar-refractivity contribution < 1.29 is 18.9 Å². The Morgan fingerprint density at radius 3 is 2.72 bits per heavy atom. The van der Waals surface area contributed by atoms with Gasteiger partial charge in [0.05, 0.1) is 11.0 Å². The summed E-state index contributed by atoms with van der Waals surface area (Å²) < 4.78 is 13.5. The maximum Gasteiger partial charge on any atom is 0.275 e. The third kappa shape index (κ3) is 5.48. The average Bonchev–Trinajstić information content (AvgIpc) is 3.28. The molecule has 0 aliphatic heterocycles. The number of thiazole rings is 1. The third-order valence-electron chi connectivity index (χ3n) is 4.34. The first-order valence-corrected chi connectivity index (χ1v) is 10.3. The SMILES string of the molecule is C=CCC(=O)N(OC(C=C)Cc1ccc(F)cc1[N+](=O)[O-])c1csc(-c2ccncc2)n1. The predicted molar refractivity (Wildman–Crippen MR) is 119 cm³/mol. The molecule has 0 bridgehead atoms. The molecule has 1 aromatic carbocycles. The second-order valence-electron chi connectivity index (χ2n) is 6.54. The lowest BCUT2D eigenvalue weighted by Gasteiger charge is -2.24. The molecule has 3 aromatic rings. The van der Waals surface area contributed by atoms with Crippen molar-refractivity contribution in [3.63, 3.8) is 0 Å². The molecular formula is C22H19FN4O4S. The number of rotatable bonds is 10. The summed E-state index contributed by atoms with van der Waals surface area (Å²) in [4.78, 5) is 37.6. The highest BCUT2D eigenvalue weighted by atomic mass is 32.1. The molecule has 1 atom stereocenters. The molecule has 1 unspecified atom stereocenters. The molecule has 0 aliphatic rings. The van der Waals surface area contributed by atoms with Gasteiger partial charge < -0.3 is 0 Å². The molecule has 0 saturated heterocycles. The highest BCUT2D eigenvalue weighted by Gasteiger charge is 2.25. The quantitative estimate of drug-likeness (QED) is 0.246. The number of carbonyl (C=O) groups excluding carboxylic acids is 1. The number of hydrogen-bond donors (Lipinski definition) is 0. The standard InChI is InChI=1S/C22H19FN4O4S/c1-3-5-21(28)26(20-14-32-22(25-20)15-8-10-24-11-9-15)31-18(4-2)12-16-6-7-17(23)13-19(16)27(29)30/h3-4,6-11,13-14,18H,1-2,5,12H2. The first-order chi connectivity index (χ1) is 15.4. The summed E-state index contributed by atoms with van der Waals surface area (Å²) in [7, 11) is 0. The van der Waals surface area contributed by atoms with Crippen LogP contribution in [0.4, 0.5) is 15.9 Å². The van der Waals surface area contributed by atoms with Crippen LogP contribution >= 0.6 is 11.3 Å². The minimum Gasteiger partial charge on any atom is -0.272 e. The number of halogens is 1. The zero-order chi connectivity index (χ0) is 23.1. The van der Waals surface area contributed by atoms with Gasteiger partial charge in [0.15, 0.2) is 5.82 Å². The van der Waals surface area contributed by atoms with Crippen LogP contribution in [0, 0.1) is 15.9 Å². The summed E-state index contributed by atoms with van der Waals surface area (Å²) in [5, 5.41) is 14.7. The van der Waals surface area contributed by atoms with Gasteiger partial charge in [-0.1, -0.05) is 12.2 Å². The van der Waals surface area contributed by atoms with Crippen molar-refractivity contribution in [2.24, 2.45) is 0 Å². The fourth-order valence-corrected chi connectivity index (χ4v) is 3.61. The van der Waals surface area contributed by atoms with Gasteiger partial charge in [-0.25, -0.2) is 9.37 Å². The first-order valence-electron chi connectivity index (χ1n) is 9.44. The van der Waals surface area contributed by atoms with E-state index in [-0.39, 0.29) is 29.9 Å². The van der Waals surface area contributed by atoms with E-state index in [9.17, 15) is 19.3 Å². The van der Waals surface area contributed by atoms with Gasteiger partial charge in [-0.05, 0) is 24.3 Å². The van der Waals surface area contributed by atoms with Crippen LogP contribution in [-0.2, 0) is 16.1 Å². The number of hydroxylamine groups is 1. The largest absolute Gasteiger partial charge is 0.275 e. The number of pyridine rings is 1. The normalized spacial score (nSPS) is 11.5. The minimum atomic E-state index is -0.820. The molecule has 1 amide bonds. The Kier molecular flexibility index (Phi) is 7.53. The Morgan fingerprint density at radius 1 is 1.31 bits per heavy atom. The molecular weight excluding hydrogens is 435 g/mol. The Balaban J connectivity index is 1.87. The highest BCUT2D eigenvalue weighted by molar-refractivity contribution is 7.13. The molecule has 3 rings (SSSR count). The Morgan fingerprint density at radius 2 is 2.06 bits per heavy atom. The number of amides is 1. The average molecular weight is 454 g/mol. The second kappa shape index (κ2) is 10.5. The zero-order valence-electron chi connectivity index (χ0n) is 16.9. The predicted octanol–water partition coefficient (Wildman–Crippen LogP) is 4.89. The van der Waals surface area contributed by atoms with Crippen LogP contribution in [0.15, 0.2) is 73.4 Å². The number of anilines is 1. The van der Waals surface area contributed by atoms with Gasteiger partial charge in [0, 0.05) is 41.7 Å². The first kappa shape index (κ1) is 22.9. The number of benzene rings is 1. The van der Waals surface area contributed by atoms with Gasteiger partial charge >= 0.3 is 0 Å². The molecule has 0 radical (unpaired) electrons. The number of carbonyl (C=O) groups is 1. The van der Waals surface area contributed by atoms with E-state index in [0.29, 0.717) is 5.01 Å². The monoisotopic (exact) mass is 454 g/mol. The van der Waals surface area contributed by atoms with Crippen LogP contribution in [0.3, 0.4) is 0 Å². The third-order valence-corrected chi connectivity index (χ3v) is 5.22. The van der Waals surface area contributed by atoms with E-state index >= 15 is 0 Å². The number of nitro groups is 1. The van der Waals surface area contributed by atoms with Crippen molar-refractivity contribution in [1.29, 1.82) is 0 Å². The van der Waals surface area contributed by atoms with E-state index in [1.807, 2.05) is 0 Å². The molecule has 0 aliphatic carbocycles. The zero-order valence-corrected chi connectivity index (χ0v) is 17.7. The Hall–Kier alpha value is -3.76. The van der Waals surface area contributed by atoms with Crippen molar-refractivity contribution in [2.45, 2.75) is 18.9 Å². The summed E-state index contributed by atoms with van der Waals surface area (Å²) in [6.45, 7) is 7.28. The van der Waals surface area contributed by atoms with E-state index in [2.05, 4.69) is 23.1 Å². The number of nitro benzene ring substituents is 1. The van der Waals surface area contributed by atoms with Gasteiger partial charge in [0.25, 0.3) is 11.6 Å². The van der Waals surface area contributed by atoms with Crippen LogP contribution in [0.25, 0.3) is 10.6 Å². The van der Waals surface area contributed by atoms with Crippen molar-refractivity contribution in [3.8, 4) is 10.6 Å². The van der Waals surface area contributed by atoms with Crippen LogP contribution in [0.2, 0.25) is 0 Å². The molecule has 0 spiro atoms. The Bertz CT molecular complexity index is 1140. The maximum atomic E-state index is 13.5. The van der Waals surface area contributed by atoms with Gasteiger partial charge in [0.2, 0.25) is 0 Å². The lowest BCUT2D eigenvalue weighted by atomic mass is 10.1. The summed E-state index contributed by atoms with van der Waals surface area (Å²) >= 11 is 1.32. The van der Waals surface area contributed by atoms with Crippen molar-refractivity contribution in [3.05, 3.63) is 94.9 Å². The Labute approximate surface area is 187 Å². The minimum absolute atomic E-state index is 0.000683. The number of aromatic nitrogens is 2. The van der Waals surface area contributed by atoms with Crippen LogP contribution in [0.5, 0.6) is 0 Å². The van der Waals surface area contributed by atoms with Crippen molar-refractivity contribution in [1.82, 2.24) is 9.97 Å². The van der Waals surface area contributed by atoms with Gasteiger partial charge in [0.1, 0.15) is 16.9 Å². The van der Waals surface area contributed by atoms with Gasteiger partial charge in [-0.3, -0.25) is 24.7 Å². The lowest BCUT2D eigenvalue weighted by Crippen LogP contribution is -2.35. The van der Waals surface area contributed by atoms with Crippen molar-refractivity contribution in [2.75, 3.05) is 5.06 Å². The number of nitrogens with zero attached hydrogens (tertiary/aromatic N) is 4. The van der Waals surface area contributed by atoms with E-state index in [4.69, 9.17) is 4.84 Å². The summed E-state index contributed by atoms with van der Waals surface area (Å²) in [5.41, 5.74) is 0.695. The molecule has 32 heavy (non-hydrogen) atoms. The fourth-order valence-electron chi connectivity index (χ4n) is 2.83. The summed E-state index contributed by atoms with van der Waals surface area (Å²) in [6.07, 6.45) is 5.29. The van der Waals surface area contributed by atoms with Gasteiger partial charge in [-0.2, -0.15) is 5.06 Å². The van der Waals surface area contributed by atoms with E-state index < -0.39 is 22.8 Å². The topological polar surface area (TPSA) is 98.5 Å². The molecule has 0 fully saturated rings. The fraction of sp³-hybridized carbons (Fsp3) is 0.136. The molecule has 164 valence electrons. The van der Waals surface area contributed by atoms with E-state index in [1.54, 1.807) is 29.9 Å². The second-order valence-corrected chi connectivity index (χ2v) is 7.40. The van der Waals surface area contributed by atoms with Gasteiger partial charge in [-0.15, -0.1) is 24.5 Å². The summed E-state index contributed by atoms with van der Waals surface area (Å²) in [5.74, 6) is -0.883. The smallest absolute Gasteiger partial charge is 0.272 e. The van der Waals surface area contributed by atoms with Crippen LogP contribution < -0.4 is 5.06 Å². The van der Waals surface area contributed by atoms with Crippen molar-refractivity contribution >= 4 is 28.7 Å². The molecule has 2 aromatic heterocycles. The number of hydrogen-bond acceptors (Lipinski definition) is 7. The summed E-state index contributed by atoms with van der Waals surface area (Å²) in [6, 6.07) is 6.87.